The molecule has 2 N–H and O–H groups in total. The Balaban J connectivity index is 1.64. The predicted octanol–water partition coefficient (Wildman–Crippen LogP) is 3.85. The maximum Gasteiger partial charge on any atom is 0.350 e. The van der Waals surface area contributed by atoms with Crippen LogP contribution in [-0.4, -0.2) is 44.2 Å². The standard InChI is InChI=1S/C25H28N6O4S/c1-15-21(23(34)35-25(2,3)4)36-24(28-15)30-20(32)12-19(9-10-26)29-22(33)17-8-6-7-16(11-17)18-13-27-31(5)14-18/h6-8,11,13-14,19H,9,12H2,1-5H3,(H,29,33)(H,28,30,32)/t19-/m0/s1. The minimum Gasteiger partial charge on any atom is -0.456 e. The number of thiazole rings is 1. The van der Waals surface area contributed by atoms with Crippen molar-refractivity contribution in [3.05, 3.63) is 52.8 Å². The Hall–Kier alpha value is -4.04. The summed E-state index contributed by atoms with van der Waals surface area (Å²) in [5, 5.41) is 19.0. The van der Waals surface area contributed by atoms with Gasteiger partial charge in [0.05, 0.1) is 30.4 Å². The van der Waals surface area contributed by atoms with Gasteiger partial charge in [-0.25, -0.2) is 9.78 Å². The molecule has 0 aliphatic carbocycles. The second kappa shape index (κ2) is 11.1. The molecular weight excluding hydrogens is 480 g/mol. The molecule has 11 heteroatoms. The third kappa shape index (κ3) is 7.23. The zero-order valence-electron chi connectivity index (χ0n) is 20.8. The Morgan fingerprint density at radius 1 is 1.25 bits per heavy atom. The van der Waals surface area contributed by atoms with Gasteiger partial charge in [-0.15, -0.1) is 0 Å². The van der Waals surface area contributed by atoms with Gasteiger partial charge >= 0.3 is 5.97 Å². The molecule has 0 spiro atoms. The third-order valence-electron chi connectivity index (χ3n) is 4.89. The summed E-state index contributed by atoms with van der Waals surface area (Å²) in [4.78, 5) is 42.4. The normalized spacial score (nSPS) is 11.9. The topological polar surface area (TPSA) is 139 Å². The number of anilines is 1. The monoisotopic (exact) mass is 508 g/mol. The van der Waals surface area contributed by atoms with Crippen molar-refractivity contribution in [3.63, 3.8) is 0 Å². The molecule has 3 aromatic rings. The van der Waals surface area contributed by atoms with E-state index < -0.39 is 29.4 Å². The van der Waals surface area contributed by atoms with E-state index in [0.29, 0.717) is 16.1 Å². The third-order valence-corrected chi connectivity index (χ3v) is 5.95. The quantitative estimate of drug-likeness (QED) is 0.441. The highest BCUT2D eigenvalue weighted by molar-refractivity contribution is 7.17. The number of benzene rings is 1. The summed E-state index contributed by atoms with van der Waals surface area (Å²) in [6.45, 7) is 6.96. The Kier molecular flexibility index (Phi) is 8.22. The van der Waals surface area contributed by atoms with Crippen molar-refractivity contribution in [2.75, 3.05) is 5.32 Å². The fraction of sp³-hybridized carbons (Fsp3) is 0.360. The fourth-order valence-electron chi connectivity index (χ4n) is 3.32. The maximum absolute atomic E-state index is 12.9. The Labute approximate surface area is 213 Å². The Morgan fingerprint density at radius 2 is 2.00 bits per heavy atom. The van der Waals surface area contributed by atoms with Crippen LogP contribution >= 0.6 is 11.3 Å². The number of aromatic nitrogens is 3. The van der Waals surface area contributed by atoms with E-state index in [1.54, 1.807) is 56.8 Å². The van der Waals surface area contributed by atoms with E-state index in [9.17, 15) is 19.6 Å². The van der Waals surface area contributed by atoms with E-state index in [4.69, 9.17) is 4.74 Å². The summed E-state index contributed by atoms with van der Waals surface area (Å²) in [5.74, 6) is -1.35. The molecule has 2 heterocycles. The SMILES string of the molecule is Cc1nc(NC(=O)C[C@H](CC#N)NC(=O)c2cccc(-c3cnn(C)c3)c2)sc1C(=O)OC(C)(C)C. The number of carbonyl (C=O) groups is 3. The summed E-state index contributed by atoms with van der Waals surface area (Å²) >= 11 is 1.01. The summed E-state index contributed by atoms with van der Waals surface area (Å²) in [5.41, 5.74) is 1.88. The van der Waals surface area contributed by atoms with Gasteiger partial charge in [0.25, 0.3) is 5.91 Å². The molecule has 0 saturated carbocycles. The van der Waals surface area contributed by atoms with Crippen molar-refractivity contribution in [2.24, 2.45) is 7.05 Å². The Bertz CT molecular complexity index is 1310. The number of ether oxygens (including phenoxy) is 1. The van der Waals surface area contributed by atoms with Crippen molar-refractivity contribution < 1.29 is 19.1 Å². The van der Waals surface area contributed by atoms with Gasteiger partial charge in [0, 0.05) is 30.8 Å². The average Bonchev–Trinajstić information content (AvgIpc) is 3.38. The van der Waals surface area contributed by atoms with Crippen LogP contribution in [0, 0.1) is 18.3 Å². The number of nitriles is 1. The first-order chi connectivity index (χ1) is 16.9. The number of carbonyl (C=O) groups excluding carboxylic acids is 3. The van der Waals surface area contributed by atoms with Gasteiger partial charge in [0.1, 0.15) is 10.5 Å². The Morgan fingerprint density at radius 3 is 2.64 bits per heavy atom. The number of nitrogens with one attached hydrogen (secondary N) is 2. The lowest BCUT2D eigenvalue weighted by atomic mass is 10.0. The van der Waals surface area contributed by atoms with Crippen LogP contribution in [0.2, 0.25) is 0 Å². The predicted molar refractivity (Wildman–Crippen MR) is 135 cm³/mol. The number of hydrogen-bond acceptors (Lipinski definition) is 8. The first-order valence-corrected chi connectivity index (χ1v) is 12.0. The van der Waals surface area contributed by atoms with Crippen molar-refractivity contribution in [3.8, 4) is 17.2 Å². The summed E-state index contributed by atoms with van der Waals surface area (Å²) in [7, 11) is 1.81. The van der Waals surface area contributed by atoms with E-state index in [1.165, 1.54) is 0 Å². The second-order valence-corrected chi connectivity index (χ2v) is 10.2. The smallest absolute Gasteiger partial charge is 0.350 e. The van der Waals surface area contributed by atoms with E-state index in [0.717, 1.165) is 22.5 Å². The molecule has 0 bridgehead atoms. The van der Waals surface area contributed by atoms with Crippen LogP contribution in [0.15, 0.2) is 36.7 Å². The molecule has 1 atom stereocenters. The molecule has 10 nitrogen and oxygen atoms in total. The summed E-state index contributed by atoms with van der Waals surface area (Å²) in [6, 6.07) is 8.31. The largest absolute Gasteiger partial charge is 0.456 e. The van der Waals surface area contributed by atoms with Crippen LogP contribution in [0.1, 0.15) is 59.3 Å². The van der Waals surface area contributed by atoms with Gasteiger partial charge in [0.15, 0.2) is 5.13 Å². The second-order valence-electron chi connectivity index (χ2n) is 9.20. The van der Waals surface area contributed by atoms with Crippen molar-refractivity contribution >= 4 is 34.3 Å². The molecule has 3 rings (SSSR count). The zero-order valence-corrected chi connectivity index (χ0v) is 21.6. The number of aryl methyl sites for hydroxylation is 2. The molecule has 188 valence electrons. The summed E-state index contributed by atoms with van der Waals surface area (Å²) < 4.78 is 7.04. The highest BCUT2D eigenvalue weighted by atomic mass is 32.1. The number of amides is 2. The lowest BCUT2D eigenvalue weighted by Crippen LogP contribution is -2.37. The average molecular weight is 509 g/mol. The molecule has 0 unspecified atom stereocenters. The van der Waals surface area contributed by atoms with Crippen LogP contribution in [0.5, 0.6) is 0 Å². The molecule has 0 saturated heterocycles. The van der Waals surface area contributed by atoms with Crippen LogP contribution in [0.3, 0.4) is 0 Å². The van der Waals surface area contributed by atoms with E-state index in [2.05, 4.69) is 20.7 Å². The number of nitrogens with zero attached hydrogens (tertiary/aromatic N) is 4. The van der Waals surface area contributed by atoms with Crippen molar-refractivity contribution in [2.45, 2.75) is 52.2 Å². The molecule has 1 aromatic carbocycles. The maximum atomic E-state index is 12.9. The van der Waals surface area contributed by atoms with Crippen LogP contribution < -0.4 is 10.6 Å². The first kappa shape index (κ1) is 26.6. The van der Waals surface area contributed by atoms with Gasteiger partial charge in [-0.2, -0.15) is 10.4 Å². The highest BCUT2D eigenvalue weighted by Crippen LogP contribution is 2.25. The number of esters is 1. The van der Waals surface area contributed by atoms with Crippen molar-refractivity contribution in [1.29, 1.82) is 5.26 Å². The van der Waals surface area contributed by atoms with Gasteiger partial charge in [0.2, 0.25) is 5.91 Å². The molecule has 0 aliphatic heterocycles. The van der Waals surface area contributed by atoms with Gasteiger partial charge in [-0.05, 0) is 45.4 Å². The molecule has 2 aromatic heterocycles. The molecule has 0 aliphatic rings. The van der Waals surface area contributed by atoms with Crippen LogP contribution in [-0.2, 0) is 16.6 Å². The number of hydrogen-bond donors (Lipinski definition) is 2. The molecule has 0 radical (unpaired) electrons. The van der Waals surface area contributed by atoms with Crippen molar-refractivity contribution in [1.82, 2.24) is 20.1 Å². The van der Waals surface area contributed by atoms with Gasteiger partial charge < -0.3 is 15.4 Å². The lowest BCUT2D eigenvalue weighted by molar-refractivity contribution is -0.116. The number of rotatable bonds is 8. The molecule has 0 fully saturated rings. The van der Waals surface area contributed by atoms with Gasteiger partial charge in [-0.3, -0.25) is 14.3 Å². The van der Waals surface area contributed by atoms with E-state index >= 15 is 0 Å². The van der Waals surface area contributed by atoms with Crippen LogP contribution in [0.4, 0.5) is 5.13 Å². The summed E-state index contributed by atoms with van der Waals surface area (Å²) in [6.07, 6.45) is 3.35. The molecular formula is C25H28N6O4S. The zero-order chi connectivity index (χ0) is 26.5. The molecule has 36 heavy (non-hydrogen) atoms. The first-order valence-electron chi connectivity index (χ1n) is 11.2. The fourth-order valence-corrected chi connectivity index (χ4v) is 4.18. The lowest BCUT2D eigenvalue weighted by Gasteiger charge is -2.18. The van der Waals surface area contributed by atoms with Gasteiger partial charge in [-0.1, -0.05) is 23.5 Å². The molecule has 2 amide bonds. The van der Waals surface area contributed by atoms with Crippen LogP contribution in [0.25, 0.3) is 11.1 Å². The minimum absolute atomic E-state index is 0.0541. The van der Waals surface area contributed by atoms with E-state index in [1.807, 2.05) is 25.4 Å². The minimum atomic E-state index is -0.712. The highest BCUT2D eigenvalue weighted by Gasteiger charge is 2.24. The van der Waals surface area contributed by atoms with E-state index in [-0.39, 0.29) is 18.0 Å².